The second kappa shape index (κ2) is 9.25. The number of hydrogen-bond acceptors (Lipinski definition) is 5. The molecule has 3 aromatic rings. The van der Waals surface area contributed by atoms with Gasteiger partial charge in [0, 0.05) is 30.1 Å². The number of hydrogen-bond donors (Lipinski definition) is 2. The molecule has 0 aliphatic rings. The lowest BCUT2D eigenvalue weighted by Crippen LogP contribution is -2.29. The molecule has 2 amide bonds. The fourth-order valence-corrected chi connectivity index (χ4v) is 3.02. The van der Waals surface area contributed by atoms with Crippen LogP contribution in [0.2, 0.25) is 0 Å². The molecular formula is C22H25N3O4. The summed E-state index contributed by atoms with van der Waals surface area (Å²) in [6, 6.07) is 14.5. The van der Waals surface area contributed by atoms with Crippen LogP contribution in [-0.2, 0) is 6.54 Å². The molecule has 2 aromatic carbocycles. The van der Waals surface area contributed by atoms with Gasteiger partial charge in [-0.1, -0.05) is 18.2 Å². The van der Waals surface area contributed by atoms with Crippen LogP contribution in [-0.4, -0.2) is 51.0 Å². The number of fused-ring (bicyclic) bond motifs is 1. The van der Waals surface area contributed by atoms with Crippen LogP contribution in [0.1, 0.15) is 26.5 Å². The Labute approximate surface area is 169 Å². The van der Waals surface area contributed by atoms with Crippen molar-refractivity contribution >= 4 is 22.8 Å². The molecule has 0 fully saturated rings. The van der Waals surface area contributed by atoms with Crippen molar-refractivity contribution in [3.05, 3.63) is 65.4 Å². The van der Waals surface area contributed by atoms with E-state index in [9.17, 15) is 9.59 Å². The molecule has 2 N–H and O–H groups in total. The Morgan fingerprint density at radius 1 is 1.03 bits per heavy atom. The van der Waals surface area contributed by atoms with Crippen molar-refractivity contribution < 1.29 is 18.7 Å². The Kier molecular flexibility index (Phi) is 6.51. The van der Waals surface area contributed by atoms with Crippen LogP contribution in [0.25, 0.3) is 11.0 Å². The van der Waals surface area contributed by atoms with Crippen LogP contribution in [0.15, 0.2) is 52.9 Å². The minimum atomic E-state index is -0.267. The highest BCUT2D eigenvalue weighted by atomic mass is 16.5. The lowest BCUT2D eigenvalue weighted by atomic mass is 10.1. The fourth-order valence-electron chi connectivity index (χ4n) is 3.02. The molecule has 3 rings (SSSR count). The molecule has 0 radical (unpaired) electrons. The Balaban J connectivity index is 1.59. The maximum absolute atomic E-state index is 12.7. The molecule has 0 saturated carbocycles. The summed E-state index contributed by atoms with van der Waals surface area (Å²) in [4.78, 5) is 26.2. The van der Waals surface area contributed by atoms with E-state index >= 15 is 0 Å². The van der Waals surface area contributed by atoms with Crippen molar-refractivity contribution in [1.82, 2.24) is 15.5 Å². The molecule has 152 valence electrons. The van der Waals surface area contributed by atoms with Crippen LogP contribution in [0.5, 0.6) is 5.75 Å². The summed E-state index contributed by atoms with van der Waals surface area (Å²) >= 11 is 0. The zero-order valence-corrected chi connectivity index (χ0v) is 16.8. The second-order valence-electron chi connectivity index (χ2n) is 6.85. The second-order valence-corrected chi connectivity index (χ2v) is 6.85. The molecule has 1 heterocycles. The molecule has 0 aliphatic carbocycles. The van der Waals surface area contributed by atoms with Gasteiger partial charge < -0.3 is 24.7 Å². The van der Waals surface area contributed by atoms with E-state index in [-0.39, 0.29) is 11.8 Å². The molecule has 0 atom stereocenters. The number of carbonyl (C=O) groups excluding carboxylic acids is 2. The highest BCUT2D eigenvalue weighted by Crippen LogP contribution is 2.26. The third kappa shape index (κ3) is 4.94. The molecule has 0 unspecified atom stereocenters. The van der Waals surface area contributed by atoms with Crippen molar-refractivity contribution in [1.29, 1.82) is 0 Å². The van der Waals surface area contributed by atoms with Crippen LogP contribution < -0.4 is 15.4 Å². The first-order chi connectivity index (χ1) is 14.0. The van der Waals surface area contributed by atoms with Gasteiger partial charge in [0.15, 0.2) is 5.76 Å². The summed E-state index contributed by atoms with van der Waals surface area (Å²) in [5, 5.41) is 6.35. The Morgan fingerprint density at radius 3 is 2.45 bits per heavy atom. The van der Waals surface area contributed by atoms with Crippen molar-refractivity contribution in [3.8, 4) is 5.75 Å². The van der Waals surface area contributed by atoms with Crippen molar-refractivity contribution in [2.45, 2.75) is 6.54 Å². The van der Waals surface area contributed by atoms with Gasteiger partial charge >= 0.3 is 0 Å². The number of carbonyl (C=O) groups is 2. The Morgan fingerprint density at radius 2 is 1.76 bits per heavy atom. The van der Waals surface area contributed by atoms with E-state index in [1.165, 1.54) is 0 Å². The number of nitrogens with one attached hydrogen (secondary N) is 2. The summed E-state index contributed by atoms with van der Waals surface area (Å²) in [5.41, 5.74) is 2.13. The van der Waals surface area contributed by atoms with E-state index in [1.54, 1.807) is 31.3 Å². The highest BCUT2D eigenvalue weighted by Gasteiger charge is 2.20. The van der Waals surface area contributed by atoms with Crippen molar-refractivity contribution in [2.75, 3.05) is 34.3 Å². The van der Waals surface area contributed by atoms with E-state index in [2.05, 4.69) is 10.6 Å². The standard InChI is InChI=1S/C22H25N3O4/c1-23-21(26)15-8-10-16(11-9-15)28-13-12-24-22(27)20-18(14-25(2)3)17-6-4-5-7-19(17)29-20/h4-11H,12-14H2,1-3H3,(H,23,26)(H,24,27). The maximum atomic E-state index is 12.7. The van der Waals surface area contributed by atoms with Crippen LogP contribution in [0.3, 0.4) is 0 Å². The molecule has 1 aromatic heterocycles. The molecular weight excluding hydrogens is 370 g/mol. The number of ether oxygens (including phenoxy) is 1. The molecule has 0 saturated heterocycles. The first-order valence-electron chi connectivity index (χ1n) is 9.38. The van der Waals surface area contributed by atoms with Gasteiger partial charge in [0.2, 0.25) is 0 Å². The lowest BCUT2D eigenvalue weighted by Gasteiger charge is -2.11. The van der Waals surface area contributed by atoms with Gasteiger partial charge in [0.1, 0.15) is 17.9 Å². The third-order valence-corrected chi connectivity index (χ3v) is 4.38. The highest BCUT2D eigenvalue weighted by molar-refractivity contribution is 5.99. The minimum absolute atomic E-state index is 0.150. The number of para-hydroxylation sites is 1. The number of rotatable bonds is 8. The molecule has 0 aliphatic heterocycles. The lowest BCUT2D eigenvalue weighted by molar-refractivity contribution is 0.0917. The van der Waals surface area contributed by atoms with Crippen LogP contribution in [0.4, 0.5) is 0 Å². The van der Waals surface area contributed by atoms with E-state index in [0.29, 0.717) is 42.4 Å². The zero-order chi connectivity index (χ0) is 20.8. The van der Waals surface area contributed by atoms with Crippen LogP contribution in [0, 0.1) is 0 Å². The SMILES string of the molecule is CNC(=O)c1ccc(OCCNC(=O)c2oc3ccccc3c2CN(C)C)cc1. The summed E-state index contributed by atoms with van der Waals surface area (Å²) in [5.74, 6) is 0.540. The van der Waals surface area contributed by atoms with E-state index < -0.39 is 0 Å². The van der Waals surface area contributed by atoms with Gasteiger partial charge in [0.05, 0.1) is 6.54 Å². The Bertz CT molecular complexity index is 993. The molecule has 0 spiro atoms. The molecule has 7 heteroatoms. The monoisotopic (exact) mass is 395 g/mol. The van der Waals surface area contributed by atoms with E-state index in [4.69, 9.17) is 9.15 Å². The van der Waals surface area contributed by atoms with Crippen molar-refractivity contribution in [2.24, 2.45) is 0 Å². The summed E-state index contributed by atoms with van der Waals surface area (Å²) in [7, 11) is 5.49. The molecule has 0 bridgehead atoms. The van der Waals surface area contributed by atoms with Gasteiger partial charge in [-0.2, -0.15) is 0 Å². The van der Waals surface area contributed by atoms with Crippen molar-refractivity contribution in [3.63, 3.8) is 0 Å². The number of benzene rings is 2. The first-order valence-corrected chi connectivity index (χ1v) is 9.38. The average Bonchev–Trinajstić information content (AvgIpc) is 3.09. The van der Waals surface area contributed by atoms with Crippen LogP contribution >= 0.6 is 0 Å². The molecule has 29 heavy (non-hydrogen) atoms. The molecule has 7 nitrogen and oxygen atoms in total. The van der Waals surface area contributed by atoms with Gasteiger partial charge in [0.25, 0.3) is 11.8 Å². The van der Waals surface area contributed by atoms with E-state index in [0.717, 1.165) is 10.9 Å². The summed E-state index contributed by atoms with van der Waals surface area (Å²) in [6.07, 6.45) is 0. The summed E-state index contributed by atoms with van der Waals surface area (Å²) < 4.78 is 11.4. The van der Waals surface area contributed by atoms with Gasteiger partial charge in [-0.25, -0.2) is 0 Å². The minimum Gasteiger partial charge on any atom is -0.492 e. The Hall–Kier alpha value is -3.32. The zero-order valence-electron chi connectivity index (χ0n) is 16.8. The van der Waals surface area contributed by atoms with E-state index in [1.807, 2.05) is 43.3 Å². The summed E-state index contributed by atoms with van der Waals surface area (Å²) in [6.45, 7) is 1.23. The average molecular weight is 395 g/mol. The number of amides is 2. The third-order valence-electron chi connectivity index (χ3n) is 4.38. The maximum Gasteiger partial charge on any atom is 0.287 e. The first kappa shape index (κ1) is 20.4. The quantitative estimate of drug-likeness (QED) is 0.573. The number of nitrogens with zero attached hydrogens (tertiary/aromatic N) is 1. The topological polar surface area (TPSA) is 83.8 Å². The number of furan rings is 1. The predicted molar refractivity (Wildman–Crippen MR) is 111 cm³/mol. The fraction of sp³-hybridized carbons (Fsp3) is 0.273. The normalized spacial score (nSPS) is 10.9. The smallest absolute Gasteiger partial charge is 0.287 e. The predicted octanol–water partition coefficient (Wildman–Crippen LogP) is 2.66. The van der Waals surface area contributed by atoms with Gasteiger partial charge in [-0.3, -0.25) is 9.59 Å². The largest absolute Gasteiger partial charge is 0.492 e. The van der Waals surface area contributed by atoms with Gasteiger partial charge in [-0.05, 0) is 44.4 Å². The van der Waals surface area contributed by atoms with Gasteiger partial charge in [-0.15, -0.1) is 0 Å².